The Balaban J connectivity index is 2.27. The van der Waals surface area contributed by atoms with E-state index in [0.29, 0.717) is 11.1 Å². The zero-order chi connectivity index (χ0) is 11.1. The number of hydrogen-bond acceptors (Lipinski definition) is 4. The smallest absolute Gasteiger partial charge is 0.224 e. The quantitative estimate of drug-likeness (QED) is 0.744. The van der Waals surface area contributed by atoms with Crippen LogP contribution in [0.2, 0.25) is 5.28 Å². The number of aromatic nitrogens is 2. The summed E-state index contributed by atoms with van der Waals surface area (Å²) in [4.78, 5) is 10.2. The molecule has 0 aliphatic carbocycles. The highest BCUT2D eigenvalue weighted by atomic mass is 35.5. The summed E-state index contributed by atoms with van der Waals surface area (Å²) in [7, 11) is 0. The maximum Gasteiger partial charge on any atom is 0.224 e. The lowest BCUT2D eigenvalue weighted by molar-refractivity contribution is 0.418. The van der Waals surface area contributed by atoms with Crippen molar-refractivity contribution in [2.75, 3.05) is 23.7 Å². The summed E-state index contributed by atoms with van der Waals surface area (Å²) in [6, 6.07) is 0. The molecule has 0 radical (unpaired) electrons. The Labute approximate surface area is 94.5 Å². The van der Waals surface area contributed by atoms with E-state index in [0.717, 1.165) is 25.3 Å². The van der Waals surface area contributed by atoms with Gasteiger partial charge in [-0.15, -0.1) is 0 Å². The third kappa shape index (κ3) is 2.15. The summed E-state index contributed by atoms with van der Waals surface area (Å²) in [5.41, 5.74) is 6.75. The van der Waals surface area contributed by atoms with E-state index in [1.807, 2.05) is 0 Å². The molecule has 0 atom stereocenters. The second-order valence-electron chi connectivity index (χ2n) is 4.75. The van der Waals surface area contributed by atoms with Gasteiger partial charge >= 0.3 is 0 Å². The van der Waals surface area contributed by atoms with E-state index in [4.69, 9.17) is 17.3 Å². The maximum absolute atomic E-state index is 5.83. The van der Waals surface area contributed by atoms with Gasteiger partial charge in [-0.2, -0.15) is 4.98 Å². The van der Waals surface area contributed by atoms with Crippen molar-refractivity contribution < 1.29 is 0 Å². The first-order valence-electron chi connectivity index (χ1n) is 5.01. The fourth-order valence-corrected chi connectivity index (χ4v) is 2.04. The van der Waals surface area contributed by atoms with Gasteiger partial charge in [-0.3, -0.25) is 0 Å². The van der Waals surface area contributed by atoms with Crippen molar-refractivity contribution in [1.29, 1.82) is 0 Å². The van der Waals surface area contributed by atoms with Crippen LogP contribution in [-0.4, -0.2) is 23.1 Å². The zero-order valence-electron chi connectivity index (χ0n) is 9.00. The molecular formula is C10H15ClN4. The van der Waals surface area contributed by atoms with Crippen LogP contribution in [0.4, 0.5) is 11.5 Å². The Morgan fingerprint density at radius 2 is 2.27 bits per heavy atom. The summed E-state index contributed by atoms with van der Waals surface area (Å²) < 4.78 is 0. The van der Waals surface area contributed by atoms with E-state index in [2.05, 4.69) is 28.7 Å². The van der Waals surface area contributed by atoms with Gasteiger partial charge < -0.3 is 10.6 Å². The molecule has 2 rings (SSSR count). The highest BCUT2D eigenvalue weighted by Crippen LogP contribution is 2.33. The monoisotopic (exact) mass is 226 g/mol. The predicted molar refractivity (Wildman–Crippen MR) is 62.1 cm³/mol. The van der Waals surface area contributed by atoms with Crippen molar-refractivity contribution in [3.05, 3.63) is 11.5 Å². The number of nitrogens with two attached hydrogens (primary N) is 1. The van der Waals surface area contributed by atoms with Crippen LogP contribution in [0.15, 0.2) is 6.20 Å². The Morgan fingerprint density at radius 1 is 1.53 bits per heavy atom. The summed E-state index contributed by atoms with van der Waals surface area (Å²) in [6.45, 7) is 6.42. The molecule has 2 N–H and O–H groups in total. The van der Waals surface area contributed by atoms with Gasteiger partial charge in [-0.25, -0.2) is 4.98 Å². The molecular weight excluding hydrogens is 212 g/mol. The molecule has 0 saturated carbocycles. The minimum atomic E-state index is 0.254. The van der Waals surface area contributed by atoms with Crippen molar-refractivity contribution in [2.24, 2.45) is 5.41 Å². The van der Waals surface area contributed by atoms with Crippen molar-refractivity contribution in [3.8, 4) is 0 Å². The molecule has 0 spiro atoms. The molecule has 1 saturated heterocycles. The lowest BCUT2D eigenvalue weighted by atomic mass is 9.93. The number of rotatable bonds is 1. The lowest BCUT2D eigenvalue weighted by Crippen LogP contribution is -2.24. The van der Waals surface area contributed by atoms with Gasteiger partial charge in [0.05, 0.1) is 11.9 Å². The van der Waals surface area contributed by atoms with Crippen LogP contribution in [0.5, 0.6) is 0 Å². The van der Waals surface area contributed by atoms with Crippen molar-refractivity contribution in [3.63, 3.8) is 0 Å². The second kappa shape index (κ2) is 3.52. The highest BCUT2D eigenvalue weighted by Gasteiger charge is 2.30. The van der Waals surface area contributed by atoms with E-state index in [9.17, 15) is 0 Å². The Kier molecular flexibility index (Phi) is 2.46. The molecule has 1 aliphatic rings. The maximum atomic E-state index is 5.83. The molecule has 82 valence electrons. The van der Waals surface area contributed by atoms with Crippen molar-refractivity contribution in [2.45, 2.75) is 20.3 Å². The summed E-state index contributed by atoms with van der Waals surface area (Å²) >= 11 is 5.76. The second-order valence-corrected chi connectivity index (χ2v) is 5.09. The average molecular weight is 227 g/mol. The molecule has 0 unspecified atom stereocenters. The van der Waals surface area contributed by atoms with E-state index >= 15 is 0 Å². The lowest BCUT2D eigenvalue weighted by Gasteiger charge is -2.21. The number of hydrogen-bond donors (Lipinski definition) is 1. The minimum absolute atomic E-state index is 0.254. The predicted octanol–water partition coefficient (Wildman–Crippen LogP) is 1.95. The number of anilines is 2. The van der Waals surface area contributed by atoms with E-state index in [1.54, 1.807) is 6.20 Å². The van der Waals surface area contributed by atoms with Crippen LogP contribution < -0.4 is 10.6 Å². The molecule has 4 nitrogen and oxygen atoms in total. The summed E-state index contributed by atoms with van der Waals surface area (Å²) in [5, 5.41) is 0.254. The SMILES string of the molecule is CC1(C)CCN(c2nc(Cl)ncc2N)C1. The average Bonchev–Trinajstić information content (AvgIpc) is 2.50. The third-order valence-electron chi connectivity index (χ3n) is 2.74. The van der Waals surface area contributed by atoms with Crippen LogP contribution in [0.1, 0.15) is 20.3 Å². The number of halogens is 1. The molecule has 0 bridgehead atoms. The van der Waals surface area contributed by atoms with Gasteiger partial charge in [0.15, 0.2) is 5.82 Å². The van der Waals surface area contributed by atoms with Gasteiger partial charge in [0.1, 0.15) is 0 Å². The first-order valence-corrected chi connectivity index (χ1v) is 5.39. The molecule has 2 heterocycles. The van der Waals surface area contributed by atoms with Crippen LogP contribution >= 0.6 is 11.6 Å². The largest absolute Gasteiger partial charge is 0.394 e. The fraction of sp³-hybridized carbons (Fsp3) is 0.600. The van der Waals surface area contributed by atoms with Crippen LogP contribution in [0, 0.1) is 5.41 Å². The number of nitrogens with zero attached hydrogens (tertiary/aromatic N) is 3. The van der Waals surface area contributed by atoms with E-state index < -0.39 is 0 Å². The molecule has 1 aromatic rings. The molecule has 1 fully saturated rings. The topological polar surface area (TPSA) is 55.0 Å². The fourth-order valence-electron chi connectivity index (χ4n) is 1.91. The van der Waals surface area contributed by atoms with Crippen molar-refractivity contribution >= 4 is 23.1 Å². The summed E-state index contributed by atoms with van der Waals surface area (Å²) in [6.07, 6.45) is 2.71. The molecule has 0 amide bonds. The third-order valence-corrected chi connectivity index (χ3v) is 2.93. The van der Waals surface area contributed by atoms with Crippen molar-refractivity contribution in [1.82, 2.24) is 9.97 Å². The zero-order valence-corrected chi connectivity index (χ0v) is 9.75. The van der Waals surface area contributed by atoms with Gasteiger partial charge in [0.25, 0.3) is 0 Å². The molecule has 0 aromatic carbocycles. The molecule has 15 heavy (non-hydrogen) atoms. The summed E-state index contributed by atoms with van der Waals surface area (Å²) in [5.74, 6) is 0.764. The van der Waals surface area contributed by atoms with E-state index in [-0.39, 0.29) is 5.28 Å². The standard InChI is InChI=1S/C10H15ClN4/c1-10(2)3-4-15(6-10)8-7(12)5-13-9(11)14-8/h5H,3-4,6,12H2,1-2H3. The van der Waals surface area contributed by atoms with Gasteiger partial charge in [-0.1, -0.05) is 13.8 Å². The number of nitrogen functional groups attached to an aromatic ring is 1. The minimum Gasteiger partial charge on any atom is -0.394 e. The normalized spacial score (nSPS) is 19.5. The highest BCUT2D eigenvalue weighted by molar-refractivity contribution is 6.28. The van der Waals surface area contributed by atoms with Gasteiger partial charge in [-0.05, 0) is 23.4 Å². The Bertz CT molecular complexity index is 378. The first-order chi connectivity index (χ1) is 6.98. The molecule has 1 aliphatic heterocycles. The molecule has 5 heteroatoms. The van der Waals surface area contributed by atoms with Crippen LogP contribution in [-0.2, 0) is 0 Å². The van der Waals surface area contributed by atoms with Gasteiger partial charge in [0, 0.05) is 13.1 Å². The van der Waals surface area contributed by atoms with Crippen LogP contribution in [0.3, 0.4) is 0 Å². The van der Waals surface area contributed by atoms with Crippen LogP contribution in [0.25, 0.3) is 0 Å². The molecule has 1 aromatic heterocycles. The van der Waals surface area contributed by atoms with E-state index in [1.165, 1.54) is 0 Å². The van der Waals surface area contributed by atoms with Gasteiger partial charge in [0.2, 0.25) is 5.28 Å². The Hall–Kier alpha value is -1.03. The Morgan fingerprint density at radius 3 is 2.87 bits per heavy atom. The first kappa shape index (κ1) is 10.5.